The van der Waals surface area contributed by atoms with Gasteiger partial charge in [0.25, 0.3) is 5.56 Å². The molecule has 0 spiro atoms. The van der Waals surface area contributed by atoms with E-state index in [-0.39, 0.29) is 5.56 Å². The van der Waals surface area contributed by atoms with Crippen LogP contribution in [0.25, 0.3) is 10.9 Å². The van der Waals surface area contributed by atoms with E-state index in [2.05, 4.69) is 29.0 Å². The van der Waals surface area contributed by atoms with Crippen LogP contribution in [0.1, 0.15) is 32.0 Å². The maximum Gasteiger partial charge on any atom is 0.262 e. The van der Waals surface area contributed by atoms with Crippen molar-refractivity contribution in [3.8, 4) is 0 Å². The van der Waals surface area contributed by atoms with Crippen LogP contribution in [0.3, 0.4) is 0 Å². The lowest BCUT2D eigenvalue weighted by molar-refractivity contribution is 0.477. The van der Waals surface area contributed by atoms with E-state index in [9.17, 15) is 4.79 Å². The smallest absolute Gasteiger partial charge is 0.262 e. The van der Waals surface area contributed by atoms with Crippen molar-refractivity contribution in [2.45, 2.75) is 44.6 Å². The van der Waals surface area contributed by atoms with Crippen LogP contribution in [0.15, 0.2) is 38.6 Å². The highest BCUT2D eigenvalue weighted by molar-refractivity contribution is 7.98. The second kappa shape index (κ2) is 7.17. The average Bonchev–Trinajstić information content (AvgIpc) is 2.97. The molecule has 0 atom stereocenters. The van der Waals surface area contributed by atoms with Crippen LogP contribution in [0.5, 0.6) is 0 Å². The predicted octanol–water partition coefficient (Wildman–Crippen LogP) is 3.43. The molecule has 0 amide bonds. The summed E-state index contributed by atoms with van der Waals surface area (Å²) in [5, 5.41) is 9.17. The summed E-state index contributed by atoms with van der Waals surface area (Å²) in [4.78, 5) is 17.5. The molecule has 24 heavy (non-hydrogen) atoms. The number of aryl methyl sites for hydroxylation is 1. The van der Waals surface area contributed by atoms with Gasteiger partial charge in [-0.2, -0.15) is 0 Å². The molecule has 0 radical (unpaired) electrons. The molecule has 0 aliphatic rings. The predicted molar refractivity (Wildman–Crippen MR) is 94.1 cm³/mol. The molecule has 7 heteroatoms. The van der Waals surface area contributed by atoms with Crippen LogP contribution in [0.2, 0.25) is 0 Å². The Morgan fingerprint density at radius 2 is 2.04 bits per heavy atom. The first-order valence-corrected chi connectivity index (χ1v) is 8.94. The molecule has 3 rings (SSSR count). The van der Waals surface area contributed by atoms with Gasteiger partial charge in [0, 0.05) is 13.5 Å². The molecule has 0 aliphatic carbocycles. The van der Waals surface area contributed by atoms with E-state index in [1.165, 1.54) is 11.8 Å². The second-order valence-corrected chi connectivity index (χ2v) is 7.00. The van der Waals surface area contributed by atoms with E-state index < -0.39 is 0 Å². The van der Waals surface area contributed by atoms with E-state index >= 15 is 0 Å². The summed E-state index contributed by atoms with van der Waals surface area (Å²) in [6.07, 6.45) is 0.924. The van der Waals surface area contributed by atoms with Crippen LogP contribution >= 0.6 is 11.8 Å². The van der Waals surface area contributed by atoms with Crippen LogP contribution < -0.4 is 5.56 Å². The van der Waals surface area contributed by atoms with Gasteiger partial charge < -0.3 is 4.42 Å². The molecule has 3 aromatic rings. The zero-order valence-corrected chi connectivity index (χ0v) is 14.8. The molecule has 2 aromatic heterocycles. The Labute approximate surface area is 144 Å². The lowest BCUT2D eigenvalue weighted by Crippen LogP contribution is -2.24. The fraction of sp³-hybridized carbons (Fsp3) is 0.412. The maximum atomic E-state index is 12.8. The Morgan fingerprint density at radius 3 is 2.75 bits per heavy atom. The number of hydrogen-bond acceptors (Lipinski definition) is 6. The van der Waals surface area contributed by atoms with Gasteiger partial charge in [-0.25, -0.2) is 4.98 Å². The van der Waals surface area contributed by atoms with Crippen molar-refractivity contribution in [2.75, 3.05) is 0 Å². The number of fused-ring (bicyclic) bond motifs is 1. The number of benzene rings is 1. The molecule has 0 N–H and O–H groups in total. The van der Waals surface area contributed by atoms with Crippen molar-refractivity contribution in [3.05, 3.63) is 46.4 Å². The number of rotatable bonds is 6. The van der Waals surface area contributed by atoms with E-state index in [0.717, 1.165) is 6.42 Å². The van der Waals surface area contributed by atoms with Gasteiger partial charge in [-0.15, -0.1) is 10.2 Å². The highest BCUT2D eigenvalue weighted by Gasteiger charge is 2.13. The minimum atomic E-state index is 0.00506. The van der Waals surface area contributed by atoms with Crippen molar-refractivity contribution >= 4 is 22.7 Å². The highest BCUT2D eigenvalue weighted by Crippen LogP contribution is 2.22. The van der Waals surface area contributed by atoms with E-state index in [1.54, 1.807) is 11.5 Å². The molecular formula is C17H20N4O2S. The van der Waals surface area contributed by atoms with Gasteiger partial charge in [-0.3, -0.25) is 9.36 Å². The Morgan fingerprint density at radius 1 is 1.25 bits per heavy atom. The van der Waals surface area contributed by atoms with Crippen molar-refractivity contribution in [3.63, 3.8) is 0 Å². The maximum absolute atomic E-state index is 12.8. The summed E-state index contributed by atoms with van der Waals surface area (Å²) in [5.41, 5.74) is 0.720. The van der Waals surface area contributed by atoms with Gasteiger partial charge in [-0.1, -0.05) is 37.7 Å². The summed E-state index contributed by atoms with van der Waals surface area (Å²) >= 11 is 1.45. The van der Waals surface area contributed by atoms with Crippen LogP contribution in [-0.2, 0) is 12.3 Å². The van der Waals surface area contributed by atoms with Crippen molar-refractivity contribution < 1.29 is 4.42 Å². The molecule has 0 fully saturated rings. The van der Waals surface area contributed by atoms with Crippen LogP contribution in [0, 0.1) is 12.8 Å². The van der Waals surface area contributed by atoms with Crippen LogP contribution in [-0.4, -0.2) is 19.7 Å². The van der Waals surface area contributed by atoms with Gasteiger partial charge in [0.1, 0.15) is 0 Å². The minimum absolute atomic E-state index is 0.00506. The lowest BCUT2D eigenvalue weighted by Gasteiger charge is -2.13. The number of thioether (sulfide) groups is 1. The van der Waals surface area contributed by atoms with Crippen LogP contribution in [0.4, 0.5) is 0 Å². The highest BCUT2D eigenvalue weighted by atomic mass is 32.2. The third-order valence-electron chi connectivity index (χ3n) is 3.65. The molecule has 0 bridgehead atoms. The summed E-state index contributed by atoms with van der Waals surface area (Å²) < 4.78 is 7.16. The Hall–Kier alpha value is -2.15. The fourth-order valence-electron chi connectivity index (χ4n) is 2.36. The summed E-state index contributed by atoms with van der Waals surface area (Å²) in [7, 11) is 0. The van der Waals surface area contributed by atoms with E-state index in [1.807, 2.05) is 24.3 Å². The lowest BCUT2D eigenvalue weighted by atomic mass is 10.1. The summed E-state index contributed by atoms with van der Waals surface area (Å²) in [5.74, 6) is 2.08. The standard InChI is InChI=1S/C17H20N4O2S/c1-11(2)8-9-21-16(22)13-6-4-5-7-14(13)18-17(21)24-10-15-20-19-12(3)23-15/h4-7,11H,8-10H2,1-3H3. The molecule has 0 saturated carbocycles. The molecule has 0 unspecified atom stereocenters. The Balaban J connectivity index is 1.96. The third-order valence-corrected chi connectivity index (χ3v) is 4.61. The third kappa shape index (κ3) is 3.67. The first kappa shape index (κ1) is 16.7. The van der Waals surface area contributed by atoms with Gasteiger partial charge >= 0.3 is 0 Å². The first-order chi connectivity index (χ1) is 11.5. The fourth-order valence-corrected chi connectivity index (χ4v) is 3.23. The summed E-state index contributed by atoms with van der Waals surface area (Å²) in [6, 6.07) is 7.45. The van der Waals surface area contributed by atoms with E-state index in [0.29, 0.717) is 46.1 Å². The number of para-hydroxylation sites is 1. The number of nitrogens with zero attached hydrogens (tertiary/aromatic N) is 4. The number of aromatic nitrogens is 4. The van der Waals surface area contributed by atoms with Gasteiger partial charge in [0.15, 0.2) is 5.16 Å². The van der Waals surface area contributed by atoms with Gasteiger partial charge in [0.05, 0.1) is 16.7 Å². The monoisotopic (exact) mass is 344 g/mol. The van der Waals surface area contributed by atoms with Crippen molar-refractivity contribution in [1.29, 1.82) is 0 Å². The molecule has 2 heterocycles. The largest absolute Gasteiger partial charge is 0.425 e. The molecular weight excluding hydrogens is 324 g/mol. The number of hydrogen-bond donors (Lipinski definition) is 0. The minimum Gasteiger partial charge on any atom is -0.425 e. The molecule has 6 nitrogen and oxygen atoms in total. The molecule has 0 saturated heterocycles. The quantitative estimate of drug-likeness (QED) is 0.504. The Bertz CT molecular complexity index is 901. The van der Waals surface area contributed by atoms with Crippen molar-refractivity contribution in [2.24, 2.45) is 5.92 Å². The van der Waals surface area contributed by atoms with Crippen molar-refractivity contribution in [1.82, 2.24) is 19.7 Å². The topological polar surface area (TPSA) is 73.8 Å². The first-order valence-electron chi connectivity index (χ1n) is 7.96. The SMILES string of the molecule is Cc1nnc(CSc2nc3ccccc3c(=O)n2CCC(C)C)o1. The van der Waals surface area contributed by atoms with Gasteiger partial charge in [0.2, 0.25) is 11.8 Å². The molecule has 126 valence electrons. The normalized spacial score (nSPS) is 11.5. The zero-order chi connectivity index (χ0) is 17.1. The second-order valence-electron chi connectivity index (χ2n) is 6.05. The molecule has 1 aromatic carbocycles. The van der Waals surface area contributed by atoms with E-state index in [4.69, 9.17) is 4.42 Å². The zero-order valence-electron chi connectivity index (χ0n) is 14.0. The van der Waals surface area contributed by atoms with Gasteiger partial charge in [-0.05, 0) is 24.5 Å². The summed E-state index contributed by atoms with van der Waals surface area (Å²) in [6.45, 7) is 6.70. The molecule has 0 aliphatic heterocycles. The average molecular weight is 344 g/mol. The Kier molecular flexibility index (Phi) is 4.99.